The number of hydrogen-bond acceptors (Lipinski definition) is 2. The molecule has 1 aliphatic carbocycles. The van der Waals surface area contributed by atoms with E-state index >= 15 is 0 Å². The summed E-state index contributed by atoms with van der Waals surface area (Å²) in [4.78, 5) is 2.73. The van der Waals surface area contributed by atoms with Crippen molar-refractivity contribution in [3.63, 3.8) is 0 Å². The molecule has 2 heteroatoms. The Morgan fingerprint density at radius 2 is 2.00 bits per heavy atom. The van der Waals surface area contributed by atoms with Crippen molar-refractivity contribution in [1.82, 2.24) is 10.2 Å². The van der Waals surface area contributed by atoms with Crippen molar-refractivity contribution in [1.29, 1.82) is 0 Å². The van der Waals surface area contributed by atoms with Gasteiger partial charge in [0.25, 0.3) is 0 Å². The molecule has 94 valence electrons. The zero-order valence-electron chi connectivity index (χ0n) is 11.2. The van der Waals surface area contributed by atoms with Crippen molar-refractivity contribution in [2.45, 2.75) is 58.5 Å². The molecule has 0 spiro atoms. The van der Waals surface area contributed by atoms with Gasteiger partial charge in [-0.25, -0.2) is 0 Å². The molecule has 0 aromatic heterocycles. The molecule has 2 nitrogen and oxygen atoms in total. The largest absolute Gasteiger partial charge is 0.312 e. The summed E-state index contributed by atoms with van der Waals surface area (Å²) in [7, 11) is 0. The SMILES string of the molecule is CCC1CCN(C(CNC2CC2)C(C)C)C1. The monoisotopic (exact) mass is 224 g/mol. The lowest BCUT2D eigenvalue weighted by molar-refractivity contribution is 0.179. The first-order valence-corrected chi connectivity index (χ1v) is 7.18. The van der Waals surface area contributed by atoms with Crippen LogP contribution in [0.5, 0.6) is 0 Å². The van der Waals surface area contributed by atoms with Crippen LogP contribution in [0, 0.1) is 11.8 Å². The summed E-state index contributed by atoms with van der Waals surface area (Å²) in [5.74, 6) is 1.74. The lowest BCUT2D eigenvalue weighted by Crippen LogP contribution is -2.45. The van der Waals surface area contributed by atoms with Gasteiger partial charge in [0.1, 0.15) is 0 Å². The van der Waals surface area contributed by atoms with Gasteiger partial charge >= 0.3 is 0 Å². The van der Waals surface area contributed by atoms with Crippen LogP contribution in [0.2, 0.25) is 0 Å². The highest BCUT2D eigenvalue weighted by atomic mass is 15.2. The van der Waals surface area contributed by atoms with Crippen LogP contribution in [-0.2, 0) is 0 Å². The molecule has 0 amide bonds. The lowest BCUT2D eigenvalue weighted by Gasteiger charge is -2.31. The minimum absolute atomic E-state index is 0.761. The van der Waals surface area contributed by atoms with E-state index in [4.69, 9.17) is 0 Å². The Kier molecular flexibility index (Phi) is 4.26. The van der Waals surface area contributed by atoms with Gasteiger partial charge in [0.05, 0.1) is 0 Å². The van der Waals surface area contributed by atoms with Gasteiger partial charge in [-0.05, 0) is 37.6 Å². The molecule has 1 heterocycles. The summed E-state index contributed by atoms with van der Waals surface area (Å²) >= 11 is 0. The van der Waals surface area contributed by atoms with Gasteiger partial charge in [-0.2, -0.15) is 0 Å². The normalized spacial score (nSPS) is 28.9. The number of hydrogen-bond donors (Lipinski definition) is 1. The quantitative estimate of drug-likeness (QED) is 0.746. The molecular formula is C14H28N2. The molecule has 1 N–H and O–H groups in total. The van der Waals surface area contributed by atoms with Crippen LogP contribution in [0.1, 0.15) is 46.5 Å². The maximum atomic E-state index is 3.71. The average Bonchev–Trinajstić information content (AvgIpc) is 2.95. The lowest BCUT2D eigenvalue weighted by atomic mass is 10.0. The topological polar surface area (TPSA) is 15.3 Å². The highest BCUT2D eigenvalue weighted by Gasteiger charge is 2.30. The second-order valence-corrected chi connectivity index (χ2v) is 6.05. The van der Waals surface area contributed by atoms with Crippen LogP contribution in [0.15, 0.2) is 0 Å². The predicted octanol–water partition coefficient (Wildman–Crippen LogP) is 2.49. The average molecular weight is 224 g/mol. The van der Waals surface area contributed by atoms with E-state index in [0.29, 0.717) is 0 Å². The second kappa shape index (κ2) is 5.50. The number of likely N-dealkylation sites (tertiary alicyclic amines) is 1. The highest BCUT2D eigenvalue weighted by Crippen LogP contribution is 2.25. The van der Waals surface area contributed by atoms with Crippen molar-refractivity contribution in [3.8, 4) is 0 Å². The van der Waals surface area contributed by atoms with Crippen LogP contribution >= 0.6 is 0 Å². The van der Waals surface area contributed by atoms with Crippen molar-refractivity contribution in [2.24, 2.45) is 11.8 Å². The summed E-state index contributed by atoms with van der Waals surface area (Å²) in [6, 6.07) is 1.61. The molecule has 0 aromatic rings. The molecule has 0 radical (unpaired) electrons. The van der Waals surface area contributed by atoms with Crippen LogP contribution < -0.4 is 5.32 Å². The van der Waals surface area contributed by atoms with Crippen LogP contribution in [0.3, 0.4) is 0 Å². The number of nitrogens with zero attached hydrogens (tertiary/aromatic N) is 1. The van der Waals surface area contributed by atoms with Crippen LogP contribution in [0.4, 0.5) is 0 Å². The van der Waals surface area contributed by atoms with Gasteiger partial charge in [0.15, 0.2) is 0 Å². The molecule has 2 unspecified atom stereocenters. The standard InChI is InChI=1S/C14H28N2/c1-4-12-7-8-16(10-12)14(11(2)3)9-15-13-5-6-13/h11-15H,4-10H2,1-3H3. The van der Waals surface area contributed by atoms with Gasteiger partial charge in [0.2, 0.25) is 0 Å². The third-order valence-electron chi connectivity index (χ3n) is 4.33. The molecule has 2 rings (SSSR count). The molecule has 2 aliphatic rings. The summed E-state index contributed by atoms with van der Waals surface area (Å²) in [5, 5.41) is 3.71. The molecular weight excluding hydrogens is 196 g/mol. The first kappa shape index (κ1) is 12.4. The minimum Gasteiger partial charge on any atom is -0.312 e. The van der Waals surface area contributed by atoms with E-state index in [1.807, 2.05) is 0 Å². The Morgan fingerprint density at radius 1 is 1.25 bits per heavy atom. The summed E-state index contributed by atoms with van der Waals surface area (Å²) in [5.41, 5.74) is 0. The predicted molar refractivity (Wildman–Crippen MR) is 69.6 cm³/mol. The molecule has 0 aromatic carbocycles. The number of nitrogens with one attached hydrogen (secondary N) is 1. The van der Waals surface area contributed by atoms with Gasteiger partial charge < -0.3 is 5.32 Å². The first-order chi connectivity index (χ1) is 7.70. The molecule has 1 saturated heterocycles. The molecule has 1 saturated carbocycles. The maximum absolute atomic E-state index is 3.71. The molecule has 2 atom stereocenters. The summed E-state index contributed by atoms with van der Waals surface area (Å²) in [6.07, 6.45) is 5.59. The Hall–Kier alpha value is -0.0800. The third-order valence-corrected chi connectivity index (χ3v) is 4.33. The Labute approximate surface area is 101 Å². The summed E-state index contributed by atoms with van der Waals surface area (Å²) < 4.78 is 0. The summed E-state index contributed by atoms with van der Waals surface area (Å²) in [6.45, 7) is 11.0. The van der Waals surface area contributed by atoms with E-state index < -0.39 is 0 Å². The number of rotatable bonds is 6. The van der Waals surface area contributed by atoms with E-state index in [2.05, 4.69) is 31.0 Å². The zero-order chi connectivity index (χ0) is 11.5. The highest BCUT2D eigenvalue weighted by molar-refractivity contribution is 4.88. The van der Waals surface area contributed by atoms with Crippen molar-refractivity contribution >= 4 is 0 Å². The third kappa shape index (κ3) is 3.21. The van der Waals surface area contributed by atoms with Gasteiger partial charge in [-0.15, -0.1) is 0 Å². The Balaban J connectivity index is 1.80. The van der Waals surface area contributed by atoms with Crippen molar-refractivity contribution in [3.05, 3.63) is 0 Å². The van der Waals surface area contributed by atoms with Crippen molar-refractivity contribution in [2.75, 3.05) is 19.6 Å². The minimum atomic E-state index is 0.761. The van der Waals surface area contributed by atoms with E-state index in [1.54, 1.807) is 0 Å². The molecule has 0 bridgehead atoms. The molecule has 1 aliphatic heterocycles. The molecule has 2 fully saturated rings. The van der Waals surface area contributed by atoms with Crippen molar-refractivity contribution < 1.29 is 0 Å². The Bertz CT molecular complexity index is 211. The fraction of sp³-hybridized carbons (Fsp3) is 1.00. The Morgan fingerprint density at radius 3 is 2.50 bits per heavy atom. The van der Waals surface area contributed by atoms with E-state index in [9.17, 15) is 0 Å². The van der Waals surface area contributed by atoms with Gasteiger partial charge in [-0.3, -0.25) is 4.90 Å². The fourth-order valence-corrected chi connectivity index (χ4v) is 2.86. The smallest absolute Gasteiger partial charge is 0.0243 e. The first-order valence-electron chi connectivity index (χ1n) is 7.18. The zero-order valence-corrected chi connectivity index (χ0v) is 11.2. The van der Waals surface area contributed by atoms with E-state index in [1.165, 1.54) is 45.3 Å². The van der Waals surface area contributed by atoms with E-state index in [-0.39, 0.29) is 0 Å². The van der Waals surface area contributed by atoms with Crippen LogP contribution in [-0.4, -0.2) is 36.6 Å². The molecule has 16 heavy (non-hydrogen) atoms. The van der Waals surface area contributed by atoms with E-state index in [0.717, 1.165) is 23.9 Å². The second-order valence-electron chi connectivity index (χ2n) is 6.05. The van der Waals surface area contributed by atoms with Gasteiger partial charge in [-0.1, -0.05) is 27.2 Å². The van der Waals surface area contributed by atoms with Gasteiger partial charge in [0, 0.05) is 25.2 Å². The maximum Gasteiger partial charge on any atom is 0.0243 e. The fourth-order valence-electron chi connectivity index (χ4n) is 2.86. The van der Waals surface area contributed by atoms with Crippen LogP contribution in [0.25, 0.3) is 0 Å².